The summed E-state index contributed by atoms with van der Waals surface area (Å²) in [4.78, 5) is 14.0. The monoisotopic (exact) mass is 275 g/mol. The second-order valence-electron chi connectivity index (χ2n) is 5.09. The van der Waals surface area contributed by atoms with E-state index in [-0.39, 0.29) is 12.5 Å². The van der Waals surface area contributed by atoms with E-state index < -0.39 is 5.82 Å². The van der Waals surface area contributed by atoms with Gasteiger partial charge in [0.1, 0.15) is 5.82 Å². The second-order valence-corrected chi connectivity index (χ2v) is 5.09. The molecule has 1 aliphatic carbocycles. The van der Waals surface area contributed by atoms with Crippen LogP contribution in [0.25, 0.3) is 0 Å². The Morgan fingerprint density at radius 2 is 2.25 bits per heavy atom. The molecule has 0 heterocycles. The molecule has 0 radical (unpaired) electrons. The smallest absolute Gasteiger partial charge is 0.254 e. The molecule has 0 atom stereocenters. The van der Waals surface area contributed by atoms with E-state index in [1.165, 1.54) is 31.0 Å². The lowest BCUT2D eigenvalue weighted by atomic mass is 10.1. The molecule has 1 aromatic rings. The van der Waals surface area contributed by atoms with E-state index in [1.54, 1.807) is 11.9 Å². The Morgan fingerprint density at radius 3 is 2.90 bits per heavy atom. The van der Waals surface area contributed by atoms with Crippen molar-refractivity contribution in [2.45, 2.75) is 19.3 Å². The standard InChI is InChI=1S/C16H18FNO2/c1-18(11-12-5-6-12)16(20)15-8-7-14(17)10-13(15)4-2-3-9-19/h7-8,10,12,19H,3,5-6,9,11H2,1H3. The molecule has 0 aliphatic heterocycles. The van der Waals surface area contributed by atoms with Gasteiger partial charge in [0.25, 0.3) is 5.91 Å². The zero-order chi connectivity index (χ0) is 14.5. The lowest BCUT2D eigenvalue weighted by molar-refractivity contribution is 0.0788. The van der Waals surface area contributed by atoms with Gasteiger partial charge in [-0.1, -0.05) is 11.8 Å². The molecule has 0 bridgehead atoms. The lowest BCUT2D eigenvalue weighted by Gasteiger charge is -2.17. The minimum atomic E-state index is -0.417. The van der Waals surface area contributed by atoms with E-state index in [0.717, 1.165) is 6.54 Å². The van der Waals surface area contributed by atoms with Crippen molar-refractivity contribution >= 4 is 5.91 Å². The van der Waals surface area contributed by atoms with Crippen LogP contribution in [0.3, 0.4) is 0 Å². The molecule has 1 amide bonds. The van der Waals surface area contributed by atoms with Gasteiger partial charge in [0.2, 0.25) is 0 Å². The normalized spacial score (nSPS) is 13.6. The third-order valence-electron chi connectivity index (χ3n) is 3.25. The topological polar surface area (TPSA) is 40.5 Å². The fourth-order valence-corrected chi connectivity index (χ4v) is 2.00. The van der Waals surface area contributed by atoms with Gasteiger partial charge in [-0.2, -0.15) is 0 Å². The molecule has 106 valence electrons. The molecule has 0 spiro atoms. The first-order valence-electron chi connectivity index (χ1n) is 6.76. The molecule has 20 heavy (non-hydrogen) atoms. The molecule has 4 heteroatoms. The van der Waals surface area contributed by atoms with Crippen LogP contribution in [0.2, 0.25) is 0 Å². The van der Waals surface area contributed by atoms with E-state index in [1.807, 2.05) is 0 Å². The molecule has 1 N–H and O–H groups in total. The van der Waals surface area contributed by atoms with Crippen molar-refractivity contribution in [2.75, 3.05) is 20.2 Å². The first-order valence-corrected chi connectivity index (χ1v) is 6.76. The van der Waals surface area contributed by atoms with Crippen molar-refractivity contribution < 1.29 is 14.3 Å². The predicted molar refractivity (Wildman–Crippen MR) is 74.7 cm³/mol. The van der Waals surface area contributed by atoms with Gasteiger partial charge in [0, 0.05) is 25.6 Å². The Hall–Kier alpha value is -1.86. The number of carbonyl (C=O) groups excluding carboxylic acids is 1. The van der Waals surface area contributed by atoms with Gasteiger partial charge in [-0.15, -0.1) is 0 Å². The van der Waals surface area contributed by atoms with Gasteiger partial charge in [-0.05, 0) is 37.0 Å². The van der Waals surface area contributed by atoms with Gasteiger partial charge < -0.3 is 10.0 Å². The van der Waals surface area contributed by atoms with Crippen molar-refractivity contribution in [1.82, 2.24) is 4.90 Å². The number of hydrogen-bond acceptors (Lipinski definition) is 2. The summed E-state index contributed by atoms with van der Waals surface area (Å²) in [6.45, 7) is 0.687. The van der Waals surface area contributed by atoms with Gasteiger partial charge >= 0.3 is 0 Å². The number of rotatable bonds is 4. The third kappa shape index (κ3) is 3.82. The van der Waals surface area contributed by atoms with Crippen LogP contribution in [0.4, 0.5) is 4.39 Å². The summed E-state index contributed by atoms with van der Waals surface area (Å²) in [5, 5.41) is 8.72. The number of benzene rings is 1. The fraction of sp³-hybridized carbons (Fsp3) is 0.438. The van der Waals surface area contributed by atoms with Gasteiger partial charge in [0.05, 0.1) is 12.2 Å². The number of carbonyl (C=O) groups is 1. The third-order valence-corrected chi connectivity index (χ3v) is 3.25. The van der Waals surface area contributed by atoms with Crippen molar-refractivity contribution in [3.05, 3.63) is 35.1 Å². The fourth-order valence-electron chi connectivity index (χ4n) is 2.00. The minimum absolute atomic E-state index is 0.0484. The van der Waals surface area contributed by atoms with Crippen LogP contribution < -0.4 is 0 Å². The summed E-state index contributed by atoms with van der Waals surface area (Å²) in [5.41, 5.74) is 0.797. The van der Waals surface area contributed by atoms with Gasteiger partial charge in [-0.25, -0.2) is 4.39 Å². The SMILES string of the molecule is CN(CC1CC1)C(=O)c1ccc(F)cc1C#CCCO. The first kappa shape index (κ1) is 14.5. The molecular formula is C16H18FNO2. The van der Waals surface area contributed by atoms with E-state index >= 15 is 0 Å². The van der Waals surface area contributed by atoms with Crippen LogP contribution in [0.5, 0.6) is 0 Å². The lowest BCUT2D eigenvalue weighted by Crippen LogP contribution is -2.29. The number of nitrogens with zero attached hydrogens (tertiary/aromatic N) is 1. The molecule has 0 unspecified atom stereocenters. The predicted octanol–water partition coefficient (Wildman–Crippen LogP) is 2.04. The van der Waals surface area contributed by atoms with Crippen molar-refractivity contribution in [3.8, 4) is 11.8 Å². The van der Waals surface area contributed by atoms with E-state index in [9.17, 15) is 9.18 Å². The quantitative estimate of drug-likeness (QED) is 0.854. The highest BCUT2D eigenvalue weighted by Crippen LogP contribution is 2.29. The Balaban J connectivity index is 2.20. The van der Waals surface area contributed by atoms with Crippen molar-refractivity contribution in [3.63, 3.8) is 0 Å². The largest absolute Gasteiger partial charge is 0.395 e. The zero-order valence-corrected chi connectivity index (χ0v) is 11.5. The Morgan fingerprint density at radius 1 is 1.50 bits per heavy atom. The maximum absolute atomic E-state index is 13.3. The zero-order valence-electron chi connectivity index (χ0n) is 11.5. The van der Waals surface area contributed by atoms with Crippen LogP contribution in [-0.2, 0) is 0 Å². The number of hydrogen-bond donors (Lipinski definition) is 1. The molecular weight excluding hydrogens is 257 g/mol. The van der Waals surface area contributed by atoms with E-state index in [4.69, 9.17) is 5.11 Å². The average Bonchev–Trinajstić information content (AvgIpc) is 3.22. The van der Waals surface area contributed by atoms with Crippen molar-refractivity contribution in [1.29, 1.82) is 0 Å². The summed E-state index contributed by atoms with van der Waals surface area (Å²) < 4.78 is 13.3. The number of aliphatic hydroxyl groups excluding tert-OH is 1. The molecule has 0 aromatic heterocycles. The van der Waals surface area contributed by atoms with E-state index in [0.29, 0.717) is 23.5 Å². The summed E-state index contributed by atoms with van der Waals surface area (Å²) in [6, 6.07) is 4.02. The Kier molecular flexibility index (Phi) is 4.75. The van der Waals surface area contributed by atoms with Crippen LogP contribution in [-0.4, -0.2) is 36.1 Å². The van der Waals surface area contributed by atoms with Crippen LogP contribution in [0, 0.1) is 23.6 Å². The highest BCUT2D eigenvalue weighted by atomic mass is 19.1. The summed E-state index contributed by atoms with van der Waals surface area (Å²) >= 11 is 0. The van der Waals surface area contributed by atoms with E-state index in [2.05, 4.69) is 11.8 Å². The Labute approximate surface area is 118 Å². The maximum atomic E-state index is 13.3. The highest BCUT2D eigenvalue weighted by Gasteiger charge is 2.26. The second kappa shape index (κ2) is 6.53. The molecule has 1 aliphatic rings. The number of amides is 1. The van der Waals surface area contributed by atoms with Gasteiger partial charge in [0.15, 0.2) is 0 Å². The summed E-state index contributed by atoms with van der Waals surface area (Å²) in [5.74, 6) is 5.54. The van der Waals surface area contributed by atoms with Crippen LogP contribution >= 0.6 is 0 Å². The van der Waals surface area contributed by atoms with Crippen molar-refractivity contribution in [2.24, 2.45) is 5.92 Å². The molecule has 1 fully saturated rings. The molecule has 3 nitrogen and oxygen atoms in total. The first-order chi connectivity index (χ1) is 9.61. The minimum Gasteiger partial charge on any atom is -0.395 e. The summed E-state index contributed by atoms with van der Waals surface area (Å²) in [7, 11) is 1.76. The molecule has 2 rings (SSSR count). The van der Waals surface area contributed by atoms with Crippen LogP contribution in [0.15, 0.2) is 18.2 Å². The highest BCUT2D eigenvalue weighted by molar-refractivity contribution is 5.96. The molecule has 0 saturated heterocycles. The number of halogens is 1. The number of aliphatic hydroxyl groups is 1. The molecule has 1 saturated carbocycles. The maximum Gasteiger partial charge on any atom is 0.254 e. The summed E-state index contributed by atoms with van der Waals surface area (Å²) in [6.07, 6.45) is 2.65. The van der Waals surface area contributed by atoms with Gasteiger partial charge in [-0.3, -0.25) is 4.79 Å². The average molecular weight is 275 g/mol. The van der Waals surface area contributed by atoms with Crippen LogP contribution in [0.1, 0.15) is 35.2 Å². The molecule has 1 aromatic carbocycles. The Bertz CT molecular complexity index is 555.